The normalized spacial score (nSPS) is 20.2. The van der Waals surface area contributed by atoms with Crippen LogP contribution < -0.4 is 5.32 Å². The van der Waals surface area contributed by atoms with Gasteiger partial charge in [-0.3, -0.25) is 19.2 Å². The highest BCUT2D eigenvalue weighted by Gasteiger charge is 2.44. The minimum absolute atomic E-state index is 0.0567. The van der Waals surface area contributed by atoms with Crippen LogP contribution >= 0.6 is 0 Å². The molecule has 11 heteroatoms. The van der Waals surface area contributed by atoms with E-state index in [1.54, 1.807) is 12.1 Å². The van der Waals surface area contributed by atoms with Crippen LogP contribution in [0.4, 0.5) is 0 Å². The molecule has 1 aliphatic heterocycles. The average molecular weight is 538 g/mol. The second kappa shape index (κ2) is 13.5. The fourth-order valence-electron chi connectivity index (χ4n) is 4.35. The number of aromatic nitrogens is 1. The number of hydrogen-bond donors (Lipinski definition) is 2. The molecule has 1 saturated heterocycles. The number of carbonyl (C=O) groups excluding carboxylic acids is 4. The number of Topliss-reactive ketones (excluding diaryl/α,β-unsaturated/α-hetero) is 1. The van der Waals surface area contributed by atoms with E-state index in [9.17, 15) is 24.3 Å². The van der Waals surface area contributed by atoms with E-state index < -0.39 is 60.9 Å². The predicted molar refractivity (Wildman–Crippen MR) is 143 cm³/mol. The molecule has 2 aromatic rings. The zero-order chi connectivity index (χ0) is 28.7. The highest BCUT2D eigenvalue weighted by Crippen LogP contribution is 2.29. The van der Waals surface area contributed by atoms with E-state index in [0.717, 1.165) is 5.56 Å². The number of pyridine rings is 1. The molecular weight excluding hydrogens is 503 g/mol. The van der Waals surface area contributed by atoms with E-state index in [2.05, 4.69) is 10.3 Å². The van der Waals surface area contributed by atoms with E-state index in [-0.39, 0.29) is 18.0 Å². The topological polar surface area (TPSA) is 141 Å². The molecule has 3 rings (SSSR count). The van der Waals surface area contributed by atoms with Crippen molar-refractivity contribution < 1.29 is 38.3 Å². The van der Waals surface area contributed by atoms with Gasteiger partial charge in [0, 0.05) is 17.8 Å². The smallest absolute Gasteiger partial charge is 0.497 e. The molecule has 10 nitrogen and oxygen atoms in total. The summed E-state index contributed by atoms with van der Waals surface area (Å²) < 4.78 is 16.1. The number of ketones is 1. The molecule has 0 unspecified atom stereocenters. The highest BCUT2D eigenvalue weighted by molar-refractivity contribution is 6.51. The van der Waals surface area contributed by atoms with Crippen molar-refractivity contribution >= 4 is 30.7 Å². The molecule has 0 bridgehead atoms. The molecule has 0 spiro atoms. The van der Waals surface area contributed by atoms with E-state index >= 15 is 0 Å². The Balaban J connectivity index is 1.79. The van der Waals surface area contributed by atoms with Crippen LogP contribution in [0.5, 0.6) is 0 Å². The van der Waals surface area contributed by atoms with Gasteiger partial charge in [-0.05, 0) is 45.2 Å². The van der Waals surface area contributed by atoms with Gasteiger partial charge in [0.05, 0.1) is 11.8 Å². The van der Waals surface area contributed by atoms with Gasteiger partial charge in [-0.2, -0.15) is 0 Å². The molecule has 0 radical (unpaired) electrons. The molecule has 0 aliphatic carbocycles. The summed E-state index contributed by atoms with van der Waals surface area (Å²) in [5.74, 6) is -3.22. The molecule has 2 N–H and O–H groups in total. The van der Waals surface area contributed by atoms with Crippen molar-refractivity contribution in [3.63, 3.8) is 0 Å². The van der Waals surface area contributed by atoms with Crippen LogP contribution in [0.25, 0.3) is 11.3 Å². The quantitative estimate of drug-likeness (QED) is 0.437. The Labute approximate surface area is 228 Å². The molecule has 1 aliphatic rings. The SMILES string of the molecule is CC(C)C[C@H](CC(=O)[C@@H](NC(=O)c1cccc(-c2ccccc2)n1)[C@@H](C)O)B1OC(=O)[C@H](C)O[C@@H](C)C(=O)O1. The third kappa shape index (κ3) is 8.21. The zero-order valence-electron chi connectivity index (χ0n) is 22.8. The van der Waals surface area contributed by atoms with Gasteiger partial charge in [0.15, 0.2) is 18.0 Å². The second-order valence-corrected chi connectivity index (χ2v) is 10.2. The number of aliphatic hydroxyl groups is 1. The Morgan fingerprint density at radius 1 is 0.974 bits per heavy atom. The molecular formula is C28H35BN2O8. The number of nitrogens with one attached hydrogen (secondary N) is 1. The third-order valence-electron chi connectivity index (χ3n) is 6.33. The number of carbonyl (C=O) groups is 4. The van der Waals surface area contributed by atoms with E-state index in [1.807, 2.05) is 44.2 Å². The van der Waals surface area contributed by atoms with Crippen molar-refractivity contribution in [1.82, 2.24) is 10.3 Å². The first kappa shape index (κ1) is 30.0. The lowest BCUT2D eigenvalue weighted by atomic mass is 9.64. The van der Waals surface area contributed by atoms with Crippen molar-refractivity contribution in [2.24, 2.45) is 5.92 Å². The molecule has 1 amide bonds. The summed E-state index contributed by atoms with van der Waals surface area (Å²) in [5, 5.41) is 13.0. The molecule has 0 saturated carbocycles. The summed E-state index contributed by atoms with van der Waals surface area (Å²) in [7, 11) is -1.32. The standard InChI is InChI=1S/C28H35BN2O8/c1-16(2)14-21(29-38-27(35)18(4)37-19(5)28(36)39-29)15-24(33)25(17(3)32)31-26(34)23-13-9-12-22(30-23)20-10-7-6-8-11-20/h6-13,16-19,21,25,32H,14-15H2,1-5H3,(H,31,34)/t17-,18+,19+,21-,25+/m1/s1. The minimum atomic E-state index is -1.32. The molecule has 1 fully saturated rings. The van der Waals surface area contributed by atoms with Gasteiger partial charge < -0.3 is 24.5 Å². The Bertz CT molecular complexity index is 1150. The van der Waals surface area contributed by atoms with Crippen LogP contribution in [0.1, 0.15) is 57.9 Å². The number of nitrogens with zero attached hydrogens (tertiary/aromatic N) is 1. The lowest BCUT2D eigenvalue weighted by Crippen LogP contribution is -2.50. The van der Waals surface area contributed by atoms with Crippen molar-refractivity contribution in [3.8, 4) is 11.3 Å². The van der Waals surface area contributed by atoms with Gasteiger partial charge in [0.1, 0.15) is 11.7 Å². The van der Waals surface area contributed by atoms with Gasteiger partial charge in [-0.1, -0.05) is 50.2 Å². The summed E-state index contributed by atoms with van der Waals surface area (Å²) >= 11 is 0. The van der Waals surface area contributed by atoms with E-state index in [4.69, 9.17) is 14.0 Å². The predicted octanol–water partition coefficient (Wildman–Crippen LogP) is 2.99. The van der Waals surface area contributed by atoms with Crippen molar-refractivity contribution in [1.29, 1.82) is 0 Å². The van der Waals surface area contributed by atoms with Crippen LogP contribution in [0.2, 0.25) is 5.82 Å². The van der Waals surface area contributed by atoms with Crippen molar-refractivity contribution in [2.75, 3.05) is 0 Å². The van der Waals surface area contributed by atoms with Crippen LogP contribution in [0, 0.1) is 5.92 Å². The number of ether oxygens (including phenoxy) is 1. The first-order valence-corrected chi connectivity index (χ1v) is 13.1. The van der Waals surface area contributed by atoms with Crippen LogP contribution in [0.15, 0.2) is 48.5 Å². The Hall–Kier alpha value is -3.57. The van der Waals surface area contributed by atoms with Gasteiger partial charge in [0.2, 0.25) is 0 Å². The molecule has 39 heavy (non-hydrogen) atoms. The number of hydrogen-bond acceptors (Lipinski definition) is 9. The summed E-state index contributed by atoms with van der Waals surface area (Å²) in [5.41, 5.74) is 1.49. The van der Waals surface area contributed by atoms with Crippen LogP contribution in [-0.4, -0.2) is 65.2 Å². The van der Waals surface area contributed by atoms with E-state index in [1.165, 1.54) is 26.8 Å². The van der Waals surface area contributed by atoms with Gasteiger partial charge >= 0.3 is 19.1 Å². The maximum absolute atomic E-state index is 13.4. The number of aliphatic hydroxyl groups excluding tert-OH is 1. The minimum Gasteiger partial charge on any atom is -0.497 e. The van der Waals surface area contributed by atoms with Crippen LogP contribution in [0.3, 0.4) is 0 Å². The zero-order valence-corrected chi connectivity index (χ0v) is 22.8. The lowest BCUT2D eigenvalue weighted by Gasteiger charge is -2.30. The highest BCUT2D eigenvalue weighted by atomic mass is 16.7. The molecule has 1 aromatic heterocycles. The van der Waals surface area contributed by atoms with E-state index in [0.29, 0.717) is 12.1 Å². The van der Waals surface area contributed by atoms with Crippen molar-refractivity contribution in [3.05, 3.63) is 54.2 Å². The molecule has 208 valence electrons. The fraction of sp³-hybridized carbons (Fsp3) is 0.464. The van der Waals surface area contributed by atoms with Crippen LogP contribution in [-0.2, 0) is 28.4 Å². The maximum atomic E-state index is 13.4. The van der Waals surface area contributed by atoms with Gasteiger partial charge in [-0.25, -0.2) is 4.98 Å². The third-order valence-corrected chi connectivity index (χ3v) is 6.33. The summed E-state index contributed by atoms with van der Waals surface area (Å²) in [6.07, 6.45) is -3.06. The second-order valence-electron chi connectivity index (χ2n) is 10.2. The molecule has 2 heterocycles. The fourth-order valence-corrected chi connectivity index (χ4v) is 4.35. The monoisotopic (exact) mass is 538 g/mol. The molecule has 1 aromatic carbocycles. The summed E-state index contributed by atoms with van der Waals surface area (Å²) in [6.45, 7) is 8.16. The Kier molecular flexibility index (Phi) is 10.4. The first-order chi connectivity index (χ1) is 18.5. The number of amides is 1. The Morgan fingerprint density at radius 2 is 1.59 bits per heavy atom. The summed E-state index contributed by atoms with van der Waals surface area (Å²) in [6, 6.07) is 13.0. The first-order valence-electron chi connectivity index (χ1n) is 13.1. The molecule has 5 atom stereocenters. The van der Waals surface area contributed by atoms with Crippen molar-refractivity contribution in [2.45, 2.75) is 77.6 Å². The average Bonchev–Trinajstić information content (AvgIpc) is 2.90. The van der Waals surface area contributed by atoms with Gasteiger partial charge in [0.25, 0.3) is 5.91 Å². The number of rotatable bonds is 10. The van der Waals surface area contributed by atoms with Gasteiger partial charge in [-0.15, -0.1) is 0 Å². The lowest BCUT2D eigenvalue weighted by molar-refractivity contribution is -0.167. The summed E-state index contributed by atoms with van der Waals surface area (Å²) in [4.78, 5) is 55.8. The Morgan fingerprint density at radius 3 is 2.15 bits per heavy atom. The number of benzene rings is 1. The maximum Gasteiger partial charge on any atom is 0.602 e. The largest absolute Gasteiger partial charge is 0.602 e.